The van der Waals surface area contributed by atoms with Crippen molar-refractivity contribution in [3.8, 4) is 5.69 Å². The first-order chi connectivity index (χ1) is 16.8. The van der Waals surface area contributed by atoms with Gasteiger partial charge in [-0.05, 0) is 23.8 Å². The standard InChI is InChI=1S/C23H25ClFN9O/c1-30(2)20(35)10-31-8-15-5-16(24)3-4-18(15)34-19(9-31)28-29-22(34)33-13-23(14-33)11-32(12-23)21-26-6-17(25)7-27-21/h3-7H,8-14H2,1-2H3. The summed E-state index contributed by atoms with van der Waals surface area (Å²) in [6.07, 6.45) is 2.40. The van der Waals surface area contributed by atoms with Crippen LogP contribution >= 0.6 is 11.6 Å². The molecule has 12 heteroatoms. The number of rotatable bonds is 4. The number of amides is 1. The summed E-state index contributed by atoms with van der Waals surface area (Å²) in [7, 11) is 3.52. The van der Waals surface area contributed by atoms with E-state index in [1.165, 1.54) is 12.4 Å². The Morgan fingerprint density at radius 1 is 1.09 bits per heavy atom. The molecule has 6 rings (SSSR count). The molecule has 0 saturated carbocycles. The second-order valence-corrected chi connectivity index (χ2v) is 10.3. The lowest BCUT2D eigenvalue weighted by atomic mass is 9.73. The van der Waals surface area contributed by atoms with Gasteiger partial charge in [0.15, 0.2) is 11.6 Å². The number of nitrogens with zero attached hydrogens (tertiary/aromatic N) is 9. The monoisotopic (exact) mass is 497 g/mol. The Hall–Kier alpha value is -3.31. The second kappa shape index (κ2) is 8.13. The SMILES string of the molecule is CN(C)C(=O)CN1Cc2cc(Cl)ccc2-n2c(nnc2N2CC3(CN(c4ncc(F)cn4)C3)C2)C1. The summed E-state index contributed by atoms with van der Waals surface area (Å²) >= 11 is 6.33. The maximum Gasteiger partial charge on any atom is 0.236 e. The number of carbonyl (C=O) groups excluding carboxylic acids is 1. The van der Waals surface area contributed by atoms with E-state index >= 15 is 0 Å². The fourth-order valence-electron chi connectivity index (χ4n) is 5.18. The van der Waals surface area contributed by atoms with Crippen LogP contribution < -0.4 is 9.80 Å². The van der Waals surface area contributed by atoms with Crippen LogP contribution in [0.2, 0.25) is 5.02 Å². The van der Waals surface area contributed by atoms with Gasteiger partial charge in [0.05, 0.1) is 31.2 Å². The third-order valence-electron chi connectivity index (χ3n) is 6.89. The normalized spacial score (nSPS) is 18.4. The Morgan fingerprint density at radius 3 is 2.51 bits per heavy atom. The predicted octanol–water partition coefficient (Wildman–Crippen LogP) is 1.58. The molecule has 2 saturated heterocycles. The first-order valence-electron chi connectivity index (χ1n) is 11.4. The fourth-order valence-corrected chi connectivity index (χ4v) is 5.37. The Balaban J connectivity index is 1.23. The van der Waals surface area contributed by atoms with Crippen molar-refractivity contribution in [2.45, 2.75) is 13.1 Å². The zero-order valence-corrected chi connectivity index (χ0v) is 20.3. The smallest absolute Gasteiger partial charge is 0.236 e. The number of fused-ring (bicyclic) bond motifs is 3. The van der Waals surface area contributed by atoms with Crippen molar-refractivity contribution in [2.75, 3.05) is 56.6 Å². The first kappa shape index (κ1) is 22.2. The molecule has 1 amide bonds. The van der Waals surface area contributed by atoms with Gasteiger partial charge in [-0.25, -0.2) is 14.4 Å². The minimum atomic E-state index is -0.433. The summed E-state index contributed by atoms with van der Waals surface area (Å²) in [6, 6.07) is 5.82. The Labute approximate surface area is 206 Å². The highest BCUT2D eigenvalue weighted by Gasteiger charge is 2.53. The summed E-state index contributed by atoms with van der Waals surface area (Å²) < 4.78 is 15.2. The molecule has 0 radical (unpaired) electrons. The van der Waals surface area contributed by atoms with Crippen molar-refractivity contribution in [3.05, 3.63) is 52.8 Å². The number of hydrogen-bond donors (Lipinski definition) is 0. The van der Waals surface area contributed by atoms with Crippen molar-refractivity contribution in [1.29, 1.82) is 0 Å². The molecule has 10 nitrogen and oxygen atoms in total. The molecule has 2 fully saturated rings. The van der Waals surface area contributed by atoms with Gasteiger partial charge < -0.3 is 14.7 Å². The highest BCUT2D eigenvalue weighted by molar-refractivity contribution is 6.30. The molecule has 0 unspecified atom stereocenters. The van der Waals surface area contributed by atoms with Crippen molar-refractivity contribution < 1.29 is 9.18 Å². The average Bonchev–Trinajstić information content (AvgIpc) is 3.09. The molecular weight excluding hydrogens is 473 g/mol. The number of benzene rings is 1. The van der Waals surface area contributed by atoms with E-state index in [-0.39, 0.29) is 17.9 Å². The van der Waals surface area contributed by atoms with Gasteiger partial charge in [-0.1, -0.05) is 11.6 Å². The molecule has 3 aromatic rings. The van der Waals surface area contributed by atoms with Gasteiger partial charge in [-0.15, -0.1) is 10.2 Å². The number of carbonyl (C=O) groups is 1. The highest BCUT2D eigenvalue weighted by Crippen LogP contribution is 2.43. The number of aromatic nitrogens is 5. The molecule has 0 aliphatic carbocycles. The predicted molar refractivity (Wildman–Crippen MR) is 128 cm³/mol. The maximum atomic E-state index is 13.1. The summed E-state index contributed by atoms with van der Waals surface area (Å²) in [5, 5.41) is 9.71. The van der Waals surface area contributed by atoms with Gasteiger partial charge >= 0.3 is 0 Å². The van der Waals surface area contributed by atoms with Crippen LogP contribution in [0.15, 0.2) is 30.6 Å². The van der Waals surface area contributed by atoms with Crippen LogP contribution in [0.3, 0.4) is 0 Å². The summed E-state index contributed by atoms with van der Waals surface area (Å²) in [5.41, 5.74) is 2.16. The molecule has 0 bridgehead atoms. The molecule has 2 aromatic heterocycles. The van der Waals surface area contributed by atoms with Gasteiger partial charge in [0.25, 0.3) is 0 Å². The van der Waals surface area contributed by atoms with Crippen molar-refractivity contribution in [1.82, 2.24) is 34.5 Å². The summed E-state index contributed by atoms with van der Waals surface area (Å²) in [4.78, 5) is 28.6. The second-order valence-electron chi connectivity index (χ2n) is 9.87. The van der Waals surface area contributed by atoms with Gasteiger partial charge in [0, 0.05) is 57.3 Å². The molecule has 1 aromatic carbocycles. The lowest BCUT2D eigenvalue weighted by Gasteiger charge is -2.60. The highest BCUT2D eigenvalue weighted by atomic mass is 35.5. The molecule has 1 spiro atoms. The minimum Gasteiger partial charge on any atom is -0.348 e. The number of anilines is 2. The van der Waals surface area contributed by atoms with Crippen LogP contribution in [-0.2, 0) is 17.9 Å². The largest absolute Gasteiger partial charge is 0.348 e. The maximum absolute atomic E-state index is 13.1. The van der Waals surface area contributed by atoms with Crippen LogP contribution in [0.1, 0.15) is 11.4 Å². The van der Waals surface area contributed by atoms with E-state index in [2.05, 4.69) is 39.4 Å². The summed E-state index contributed by atoms with van der Waals surface area (Å²) in [6.45, 7) is 4.71. The lowest BCUT2D eigenvalue weighted by Crippen LogP contribution is -2.73. The Kier molecular flexibility index (Phi) is 5.15. The van der Waals surface area contributed by atoms with E-state index in [1.807, 2.05) is 18.2 Å². The minimum absolute atomic E-state index is 0.0334. The third-order valence-corrected chi connectivity index (χ3v) is 7.12. The van der Waals surface area contributed by atoms with E-state index in [0.29, 0.717) is 24.1 Å². The molecule has 35 heavy (non-hydrogen) atoms. The van der Waals surface area contributed by atoms with Crippen LogP contribution in [-0.4, -0.2) is 87.3 Å². The van der Waals surface area contributed by atoms with Crippen LogP contribution in [0, 0.1) is 11.2 Å². The molecule has 0 atom stereocenters. The quantitative estimate of drug-likeness (QED) is 0.537. The number of likely N-dealkylation sites (N-methyl/N-ethyl adjacent to an activating group) is 1. The van der Waals surface area contributed by atoms with E-state index in [9.17, 15) is 9.18 Å². The fraction of sp³-hybridized carbons (Fsp3) is 0.435. The number of hydrogen-bond acceptors (Lipinski definition) is 8. The van der Waals surface area contributed by atoms with E-state index in [4.69, 9.17) is 11.6 Å². The lowest BCUT2D eigenvalue weighted by molar-refractivity contribution is -0.130. The molecule has 5 heterocycles. The topological polar surface area (TPSA) is 86.5 Å². The molecule has 3 aliphatic heterocycles. The van der Waals surface area contributed by atoms with Gasteiger partial charge in [-0.2, -0.15) is 0 Å². The summed E-state index contributed by atoms with van der Waals surface area (Å²) in [5.74, 6) is 1.75. The van der Waals surface area contributed by atoms with Crippen LogP contribution in [0.5, 0.6) is 0 Å². The van der Waals surface area contributed by atoms with Crippen molar-refractivity contribution in [3.63, 3.8) is 0 Å². The van der Waals surface area contributed by atoms with E-state index in [1.54, 1.807) is 19.0 Å². The van der Waals surface area contributed by atoms with Crippen molar-refractivity contribution >= 4 is 29.4 Å². The van der Waals surface area contributed by atoms with Crippen LogP contribution in [0.4, 0.5) is 16.3 Å². The zero-order valence-electron chi connectivity index (χ0n) is 19.5. The van der Waals surface area contributed by atoms with Gasteiger partial charge in [0.1, 0.15) is 0 Å². The first-order valence-corrected chi connectivity index (χ1v) is 11.8. The van der Waals surface area contributed by atoms with Crippen molar-refractivity contribution in [2.24, 2.45) is 5.41 Å². The van der Waals surface area contributed by atoms with Gasteiger partial charge in [0.2, 0.25) is 17.8 Å². The number of halogens is 2. The Bertz CT molecular complexity index is 1280. The molecule has 182 valence electrons. The average molecular weight is 498 g/mol. The van der Waals surface area contributed by atoms with E-state index < -0.39 is 5.82 Å². The van der Waals surface area contributed by atoms with Gasteiger partial charge in [-0.3, -0.25) is 14.3 Å². The van der Waals surface area contributed by atoms with Crippen LogP contribution in [0.25, 0.3) is 5.69 Å². The van der Waals surface area contributed by atoms with E-state index in [0.717, 1.165) is 49.2 Å². The Morgan fingerprint density at radius 2 is 1.80 bits per heavy atom. The third kappa shape index (κ3) is 3.88. The zero-order chi connectivity index (χ0) is 24.3. The molecular formula is C23H25ClFN9O. The molecule has 3 aliphatic rings. The molecule has 0 N–H and O–H groups in total.